The standard InChI is InChI=1S/C15H20N4/c16-9-13-4-1-5-15(18-13)19(14-6-7-14)11-12-3-2-8-17-10-12/h1,4-5,12,14,17H,2-3,6-8,10-11H2. The second-order valence-corrected chi connectivity index (χ2v) is 5.59. The first-order chi connectivity index (χ1) is 9.36. The van der Waals surface area contributed by atoms with Crippen LogP contribution >= 0.6 is 0 Å². The zero-order valence-corrected chi connectivity index (χ0v) is 11.2. The molecule has 1 N–H and O–H groups in total. The van der Waals surface area contributed by atoms with Crippen LogP contribution in [0.15, 0.2) is 18.2 Å². The van der Waals surface area contributed by atoms with E-state index in [-0.39, 0.29) is 0 Å². The zero-order chi connectivity index (χ0) is 13.1. The Kier molecular flexibility index (Phi) is 3.65. The van der Waals surface area contributed by atoms with Crippen molar-refractivity contribution in [3.8, 4) is 6.07 Å². The first-order valence-electron chi connectivity index (χ1n) is 7.21. The molecule has 1 saturated carbocycles. The largest absolute Gasteiger partial charge is 0.353 e. The zero-order valence-electron chi connectivity index (χ0n) is 11.2. The minimum Gasteiger partial charge on any atom is -0.353 e. The van der Waals surface area contributed by atoms with Crippen molar-refractivity contribution in [1.29, 1.82) is 5.26 Å². The van der Waals surface area contributed by atoms with Crippen LogP contribution in [0.4, 0.5) is 5.82 Å². The molecule has 1 atom stereocenters. The van der Waals surface area contributed by atoms with Crippen LogP contribution in [0, 0.1) is 17.2 Å². The fraction of sp³-hybridized carbons (Fsp3) is 0.600. The molecule has 19 heavy (non-hydrogen) atoms. The van der Waals surface area contributed by atoms with E-state index < -0.39 is 0 Å². The van der Waals surface area contributed by atoms with Gasteiger partial charge in [-0.15, -0.1) is 0 Å². The van der Waals surface area contributed by atoms with Crippen molar-refractivity contribution in [2.75, 3.05) is 24.5 Å². The van der Waals surface area contributed by atoms with Crippen molar-refractivity contribution in [1.82, 2.24) is 10.3 Å². The number of hydrogen-bond donors (Lipinski definition) is 1. The molecule has 4 heteroatoms. The fourth-order valence-electron chi connectivity index (χ4n) is 2.82. The van der Waals surface area contributed by atoms with Gasteiger partial charge in [-0.3, -0.25) is 0 Å². The van der Waals surface area contributed by atoms with Crippen LogP contribution in [0.25, 0.3) is 0 Å². The van der Waals surface area contributed by atoms with Gasteiger partial charge >= 0.3 is 0 Å². The maximum atomic E-state index is 8.98. The lowest BCUT2D eigenvalue weighted by molar-refractivity contribution is 0.375. The van der Waals surface area contributed by atoms with Crippen molar-refractivity contribution in [3.05, 3.63) is 23.9 Å². The van der Waals surface area contributed by atoms with Gasteiger partial charge in [-0.1, -0.05) is 6.07 Å². The Morgan fingerprint density at radius 1 is 1.37 bits per heavy atom. The molecule has 0 amide bonds. The fourth-order valence-corrected chi connectivity index (χ4v) is 2.82. The maximum Gasteiger partial charge on any atom is 0.142 e. The van der Waals surface area contributed by atoms with E-state index in [9.17, 15) is 0 Å². The number of aromatic nitrogens is 1. The Bertz CT molecular complexity index is 469. The Morgan fingerprint density at radius 2 is 2.26 bits per heavy atom. The van der Waals surface area contributed by atoms with Gasteiger partial charge in [0.1, 0.15) is 17.6 Å². The van der Waals surface area contributed by atoms with Crippen LogP contribution in [0.5, 0.6) is 0 Å². The van der Waals surface area contributed by atoms with Gasteiger partial charge in [-0.25, -0.2) is 4.98 Å². The van der Waals surface area contributed by atoms with Gasteiger partial charge in [-0.2, -0.15) is 5.26 Å². The Hall–Kier alpha value is -1.60. The highest BCUT2D eigenvalue weighted by Crippen LogP contribution is 2.32. The maximum absolute atomic E-state index is 8.98. The molecule has 0 aromatic carbocycles. The molecule has 0 bridgehead atoms. The van der Waals surface area contributed by atoms with Crippen LogP contribution in [-0.2, 0) is 0 Å². The summed E-state index contributed by atoms with van der Waals surface area (Å²) in [5, 5.41) is 12.5. The highest BCUT2D eigenvalue weighted by atomic mass is 15.2. The summed E-state index contributed by atoms with van der Waals surface area (Å²) in [7, 11) is 0. The van der Waals surface area contributed by atoms with E-state index in [1.54, 1.807) is 6.07 Å². The molecule has 1 aromatic heterocycles. The third-order valence-corrected chi connectivity index (χ3v) is 3.98. The van der Waals surface area contributed by atoms with Gasteiger partial charge in [0.2, 0.25) is 0 Å². The van der Waals surface area contributed by atoms with Crippen LogP contribution in [0.3, 0.4) is 0 Å². The average Bonchev–Trinajstić information content (AvgIpc) is 3.30. The molecule has 100 valence electrons. The highest BCUT2D eigenvalue weighted by molar-refractivity contribution is 5.44. The van der Waals surface area contributed by atoms with Gasteiger partial charge in [0.05, 0.1) is 0 Å². The van der Waals surface area contributed by atoms with E-state index in [1.807, 2.05) is 12.1 Å². The highest BCUT2D eigenvalue weighted by Gasteiger charge is 2.32. The summed E-state index contributed by atoms with van der Waals surface area (Å²) >= 11 is 0. The minimum atomic E-state index is 0.518. The monoisotopic (exact) mass is 256 g/mol. The lowest BCUT2D eigenvalue weighted by atomic mass is 9.99. The van der Waals surface area contributed by atoms with E-state index in [4.69, 9.17) is 5.26 Å². The van der Waals surface area contributed by atoms with E-state index in [0.29, 0.717) is 17.7 Å². The van der Waals surface area contributed by atoms with Crippen molar-refractivity contribution < 1.29 is 0 Å². The number of rotatable bonds is 4. The van der Waals surface area contributed by atoms with Gasteiger partial charge in [0.15, 0.2) is 0 Å². The molecule has 3 rings (SSSR count). The number of piperidine rings is 1. The van der Waals surface area contributed by atoms with Gasteiger partial charge in [0.25, 0.3) is 0 Å². The quantitative estimate of drug-likeness (QED) is 0.894. The first-order valence-corrected chi connectivity index (χ1v) is 7.21. The van der Waals surface area contributed by atoms with E-state index >= 15 is 0 Å². The van der Waals surface area contributed by atoms with E-state index in [2.05, 4.69) is 21.3 Å². The molecule has 1 aliphatic heterocycles. The molecule has 2 aliphatic rings. The predicted octanol–water partition coefficient (Wildman–Crippen LogP) is 1.92. The molecule has 0 spiro atoms. The molecule has 2 heterocycles. The number of anilines is 1. The van der Waals surface area contributed by atoms with Crippen LogP contribution in [0.1, 0.15) is 31.4 Å². The smallest absolute Gasteiger partial charge is 0.142 e. The molecular formula is C15H20N4. The van der Waals surface area contributed by atoms with Crippen molar-refractivity contribution in [2.24, 2.45) is 5.92 Å². The summed E-state index contributed by atoms with van der Waals surface area (Å²) in [5.74, 6) is 1.69. The average molecular weight is 256 g/mol. The molecular weight excluding hydrogens is 236 g/mol. The van der Waals surface area contributed by atoms with E-state index in [1.165, 1.54) is 25.7 Å². The van der Waals surface area contributed by atoms with Crippen molar-refractivity contribution in [2.45, 2.75) is 31.7 Å². The van der Waals surface area contributed by atoms with Crippen molar-refractivity contribution >= 4 is 5.82 Å². The van der Waals surface area contributed by atoms with Gasteiger partial charge in [-0.05, 0) is 56.8 Å². The number of pyridine rings is 1. The predicted molar refractivity (Wildman–Crippen MR) is 74.9 cm³/mol. The Balaban J connectivity index is 1.74. The molecule has 1 unspecified atom stereocenters. The number of nitrogens with one attached hydrogen (secondary N) is 1. The summed E-state index contributed by atoms with van der Waals surface area (Å²) in [5.41, 5.74) is 0.518. The summed E-state index contributed by atoms with van der Waals surface area (Å²) < 4.78 is 0. The van der Waals surface area contributed by atoms with Crippen LogP contribution in [0.2, 0.25) is 0 Å². The molecule has 4 nitrogen and oxygen atoms in total. The summed E-state index contributed by atoms with van der Waals surface area (Å²) in [4.78, 5) is 6.88. The SMILES string of the molecule is N#Cc1cccc(N(CC2CCCNC2)C2CC2)n1. The lowest BCUT2D eigenvalue weighted by Gasteiger charge is -2.31. The van der Waals surface area contributed by atoms with Gasteiger partial charge < -0.3 is 10.2 Å². The topological polar surface area (TPSA) is 52.0 Å². The van der Waals surface area contributed by atoms with Crippen LogP contribution < -0.4 is 10.2 Å². The lowest BCUT2D eigenvalue weighted by Crippen LogP contribution is -2.39. The summed E-state index contributed by atoms with van der Waals surface area (Å²) in [6.07, 6.45) is 5.10. The second kappa shape index (κ2) is 5.58. The molecule has 0 radical (unpaired) electrons. The molecule has 1 aromatic rings. The summed E-state index contributed by atoms with van der Waals surface area (Å²) in [6, 6.07) is 8.53. The number of nitrogens with zero attached hydrogens (tertiary/aromatic N) is 3. The molecule has 1 aliphatic carbocycles. The van der Waals surface area contributed by atoms with Crippen LogP contribution in [-0.4, -0.2) is 30.7 Å². The minimum absolute atomic E-state index is 0.518. The molecule has 2 fully saturated rings. The number of hydrogen-bond acceptors (Lipinski definition) is 4. The number of nitriles is 1. The second-order valence-electron chi connectivity index (χ2n) is 5.59. The van der Waals surface area contributed by atoms with E-state index in [0.717, 1.165) is 25.5 Å². The Labute approximate surface area is 114 Å². The Morgan fingerprint density at radius 3 is 2.95 bits per heavy atom. The van der Waals surface area contributed by atoms with Gasteiger partial charge in [0, 0.05) is 12.6 Å². The summed E-state index contributed by atoms with van der Waals surface area (Å²) in [6.45, 7) is 3.34. The first kappa shape index (κ1) is 12.4. The normalized spacial score (nSPS) is 22.8. The third-order valence-electron chi connectivity index (χ3n) is 3.98. The molecule has 1 saturated heterocycles. The van der Waals surface area contributed by atoms with Crippen molar-refractivity contribution in [3.63, 3.8) is 0 Å². The third kappa shape index (κ3) is 3.05.